The highest BCUT2D eigenvalue weighted by Crippen LogP contribution is 2.24. The molecule has 1 aromatic heterocycles. The number of thiophene rings is 1. The third-order valence-electron chi connectivity index (χ3n) is 3.64. The highest BCUT2D eigenvalue weighted by Gasteiger charge is 2.26. The summed E-state index contributed by atoms with van der Waals surface area (Å²) >= 11 is 1.24. The summed E-state index contributed by atoms with van der Waals surface area (Å²) in [6.45, 7) is 0.599. The summed E-state index contributed by atoms with van der Waals surface area (Å²) in [4.78, 5) is 23.6. The van der Waals surface area contributed by atoms with Crippen LogP contribution in [0.25, 0.3) is 0 Å². The first-order valence-electron chi connectivity index (χ1n) is 6.51. The molecule has 1 fully saturated rings. The van der Waals surface area contributed by atoms with Crippen molar-refractivity contribution in [3.8, 4) is 0 Å². The minimum absolute atomic E-state index is 0.136. The van der Waals surface area contributed by atoms with Crippen molar-refractivity contribution in [2.24, 2.45) is 17.4 Å². The third-order valence-corrected chi connectivity index (χ3v) is 4.57. The second-order valence-electron chi connectivity index (χ2n) is 4.92. The first-order valence-corrected chi connectivity index (χ1v) is 7.39. The Bertz CT molecular complexity index is 472. The van der Waals surface area contributed by atoms with Crippen LogP contribution in [-0.2, 0) is 0 Å². The van der Waals surface area contributed by atoms with E-state index in [2.05, 4.69) is 5.32 Å². The molecule has 6 heteroatoms. The van der Waals surface area contributed by atoms with Gasteiger partial charge in [0, 0.05) is 11.4 Å². The number of hydrogen-bond donors (Lipinski definition) is 3. The normalized spacial score (nSPS) is 23.0. The van der Waals surface area contributed by atoms with Gasteiger partial charge in [0.1, 0.15) is 0 Å². The predicted molar refractivity (Wildman–Crippen MR) is 75.1 cm³/mol. The summed E-state index contributed by atoms with van der Waals surface area (Å²) < 4.78 is 0. The van der Waals surface area contributed by atoms with Crippen LogP contribution in [0.2, 0.25) is 0 Å². The van der Waals surface area contributed by atoms with E-state index in [9.17, 15) is 9.59 Å². The maximum atomic E-state index is 12.1. The Morgan fingerprint density at radius 3 is 2.74 bits per heavy atom. The molecule has 0 radical (unpaired) electrons. The molecule has 1 aromatic rings. The van der Waals surface area contributed by atoms with Gasteiger partial charge in [-0.25, -0.2) is 0 Å². The van der Waals surface area contributed by atoms with E-state index >= 15 is 0 Å². The topological polar surface area (TPSA) is 98.2 Å². The van der Waals surface area contributed by atoms with Crippen LogP contribution in [-0.4, -0.2) is 24.4 Å². The van der Waals surface area contributed by atoms with Crippen LogP contribution in [0, 0.1) is 5.92 Å². The number of amides is 2. The summed E-state index contributed by atoms with van der Waals surface area (Å²) in [5.41, 5.74) is 11.3. The van der Waals surface area contributed by atoms with E-state index in [1.54, 1.807) is 11.4 Å². The number of carbonyl (C=O) groups excluding carboxylic acids is 2. The Kier molecular flexibility index (Phi) is 4.55. The van der Waals surface area contributed by atoms with Crippen molar-refractivity contribution in [3.63, 3.8) is 0 Å². The van der Waals surface area contributed by atoms with Gasteiger partial charge >= 0.3 is 0 Å². The van der Waals surface area contributed by atoms with Gasteiger partial charge in [-0.1, -0.05) is 12.8 Å². The highest BCUT2D eigenvalue weighted by atomic mass is 32.1. The largest absolute Gasteiger partial charge is 0.366 e. The molecule has 0 spiro atoms. The van der Waals surface area contributed by atoms with E-state index in [1.165, 1.54) is 17.8 Å². The molecule has 2 unspecified atom stereocenters. The van der Waals surface area contributed by atoms with E-state index in [4.69, 9.17) is 11.5 Å². The van der Waals surface area contributed by atoms with Gasteiger partial charge in [0.2, 0.25) is 5.91 Å². The van der Waals surface area contributed by atoms with Gasteiger partial charge < -0.3 is 16.8 Å². The second kappa shape index (κ2) is 6.16. The fourth-order valence-electron chi connectivity index (χ4n) is 2.50. The number of nitrogens with two attached hydrogens (primary N) is 2. The second-order valence-corrected chi connectivity index (χ2v) is 5.84. The zero-order valence-corrected chi connectivity index (χ0v) is 11.5. The molecule has 0 saturated heterocycles. The lowest BCUT2D eigenvalue weighted by atomic mass is 9.84. The number of hydrogen-bond acceptors (Lipinski definition) is 4. The van der Waals surface area contributed by atoms with Gasteiger partial charge in [0.05, 0.1) is 10.4 Å². The molecule has 5 nitrogen and oxygen atoms in total. The molecule has 1 aliphatic rings. The fraction of sp³-hybridized carbons (Fsp3) is 0.538. The molecule has 104 valence electrons. The van der Waals surface area contributed by atoms with Crippen molar-refractivity contribution in [1.29, 1.82) is 0 Å². The lowest BCUT2D eigenvalue weighted by Gasteiger charge is -2.31. The summed E-state index contributed by atoms with van der Waals surface area (Å²) in [5.74, 6) is -0.288. The monoisotopic (exact) mass is 281 g/mol. The predicted octanol–water partition coefficient (Wildman–Crippen LogP) is 1.09. The average Bonchev–Trinajstić information content (AvgIpc) is 2.89. The molecule has 5 N–H and O–H groups in total. The zero-order valence-electron chi connectivity index (χ0n) is 10.7. The standard InChI is InChI=1S/C13H19N3O2S/c14-6-8-3-1-2-4-10(8)16-13(18)11-5-9(7-19-11)12(15)17/h5,7-8,10H,1-4,6,14H2,(H2,15,17)(H,16,18). The number of primary amides is 1. The van der Waals surface area contributed by atoms with Gasteiger partial charge in [-0.15, -0.1) is 11.3 Å². The fourth-order valence-corrected chi connectivity index (χ4v) is 3.30. The summed E-state index contributed by atoms with van der Waals surface area (Å²) in [5, 5.41) is 4.64. The maximum absolute atomic E-state index is 12.1. The van der Waals surface area contributed by atoms with Crippen LogP contribution in [0.4, 0.5) is 0 Å². The molecule has 19 heavy (non-hydrogen) atoms. The van der Waals surface area contributed by atoms with Gasteiger partial charge in [-0.3, -0.25) is 9.59 Å². The molecule has 2 rings (SSSR count). The Balaban J connectivity index is 2.01. The van der Waals surface area contributed by atoms with E-state index in [-0.39, 0.29) is 11.9 Å². The molecule has 0 bridgehead atoms. The minimum Gasteiger partial charge on any atom is -0.366 e. The molecule has 1 aliphatic carbocycles. The quantitative estimate of drug-likeness (QED) is 0.770. The number of rotatable bonds is 4. The Labute approximate surface area is 116 Å². The van der Waals surface area contributed by atoms with E-state index in [0.717, 1.165) is 19.3 Å². The number of carbonyl (C=O) groups is 2. The summed E-state index contributed by atoms with van der Waals surface area (Å²) in [6, 6.07) is 1.69. The minimum atomic E-state index is -0.507. The first kappa shape index (κ1) is 14.0. The lowest BCUT2D eigenvalue weighted by molar-refractivity contribution is 0.0912. The summed E-state index contributed by atoms with van der Waals surface area (Å²) in [6.07, 6.45) is 4.34. The van der Waals surface area contributed by atoms with Crippen LogP contribution < -0.4 is 16.8 Å². The smallest absolute Gasteiger partial charge is 0.261 e. The molecular formula is C13H19N3O2S. The van der Waals surface area contributed by atoms with Crippen molar-refractivity contribution in [1.82, 2.24) is 5.32 Å². The zero-order chi connectivity index (χ0) is 13.8. The highest BCUT2D eigenvalue weighted by molar-refractivity contribution is 7.12. The van der Waals surface area contributed by atoms with Crippen molar-refractivity contribution >= 4 is 23.2 Å². The molecular weight excluding hydrogens is 262 g/mol. The average molecular weight is 281 g/mol. The molecule has 1 saturated carbocycles. The number of nitrogens with one attached hydrogen (secondary N) is 1. The van der Waals surface area contributed by atoms with Crippen molar-refractivity contribution in [2.75, 3.05) is 6.54 Å². The molecule has 2 amide bonds. The van der Waals surface area contributed by atoms with Gasteiger partial charge in [0.25, 0.3) is 5.91 Å². The van der Waals surface area contributed by atoms with Crippen LogP contribution in [0.3, 0.4) is 0 Å². The third kappa shape index (κ3) is 3.33. The van der Waals surface area contributed by atoms with Crippen LogP contribution in [0.15, 0.2) is 11.4 Å². The van der Waals surface area contributed by atoms with E-state index < -0.39 is 5.91 Å². The Morgan fingerprint density at radius 2 is 2.11 bits per heavy atom. The molecule has 0 aromatic carbocycles. The molecule has 1 heterocycles. The van der Waals surface area contributed by atoms with Crippen molar-refractivity contribution in [2.45, 2.75) is 31.7 Å². The van der Waals surface area contributed by atoms with Crippen molar-refractivity contribution in [3.05, 3.63) is 21.9 Å². The van der Waals surface area contributed by atoms with Gasteiger partial charge in [-0.2, -0.15) is 0 Å². The van der Waals surface area contributed by atoms with E-state index in [0.29, 0.717) is 22.9 Å². The van der Waals surface area contributed by atoms with Crippen LogP contribution in [0.5, 0.6) is 0 Å². The maximum Gasteiger partial charge on any atom is 0.261 e. The SMILES string of the molecule is NCC1CCCCC1NC(=O)c1cc(C(N)=O)cs1. The van der Waals surface area contributed by atoms with Gasteiger partial charge in [-0.05, 0) is 31.4 Å². The van der Waals surface area contributed by atoms with Crippen LogP contribution in [0.1, 0.15) is 45.7 Å². The van der Waals surface area contributed by atoms with E-state index in [1.807, 2.05) is 0 Å². The molecule has 0 aliphatic heterocycles. The first-order chi connectivity index (χ1) is 9.11. The summed E-state index contributed by atoms with van der Waals surface area (Å²) in [7, 11) is 0. The Hall–Kier alpha value is -1.40. The van der Waals surface area contributed by atoms with Crippen molar-refractivity contribution < 1.29 is 9.59 Å². The molecule has 2 atom stereocenters. The van der Waals surface area contributed by atoms with Gasteiger partial charge in [0.15, 0.2) is 0 Å². The lowest BCUT2D eigenvalue weighted by Crippen LogP contribution is -2.44. The van der Waals surface area contributed by atoms with Crippen LogP contribution >= 0.6 is 11.3 Å². The Morgan fingerprint density at radius 1 is 1.37 bits per heavy atom.